The Bertz CT molecular complexity index is 423. The van der Waals surface area contributed by atoms with Gasteiger partial charge >= 0.3 is 0 Å². The number of aliphatic hydroxyl groups is 1. The molecule has 0 radical (unpaired) electrons. The van der Waals surface area contributed by atoms with Gasteiger partial charge < -0.3 is 10.0 Å². The van der Waals surface area contributed by atoms with Crippen LogP contribution in [0.1, 0.15) is 37.9 Å². The summed E-state index contributed by atoms with van der Waals surface area (Å²) < 4.78 is 12.9. The molecule has 4 heteroatoms. The van der Waals surface area contributed by atoms with Gasteiger partial charge in [-0.15, -0.1) is 0 Å². The van der Waals surface area contributed by atoms with Gasteiger partial charge in [-0.05, 0) is 57.1 Å². The number of likely N-dealkylation sites (N-methyl/N-ethyl adjacent to an activating group) is 2. The number of halogens is 1. The topological polar surface area (TPSA) is 26.7 Å². The van der Waals surface area contributed by atoms with Gasteiger partial charge in [0.15, 0.2) is 0 Å². The van der Waals surface area contributed by atoms with Crippen molar-refractivity contribution in [1.82, 2.24) is 9.80 Å². The fraction of sp³-hybridized carbons (Fsp3) is 0.647. The van der Waals surface area contributed by atoms with E-state index in [1.165, 1.54) is 31.5 Å². The number of nitrogens with zero attached hydrogens (tertiary/aromatic N) is 2. The second-order valence-electron chi connectivity index (χ2n) is 6.04. The number of aliphatic hydroxyl groups excluding tert-OH is 1. The lowest BCUT2D eigenvalue weighted by Gasteiger charge is -2.28. The predicted molar refractivity (Wildman–Crippen MR) is 83.7 cm³/mol. The van der Waals surface area contributed by atoms with E-state index in [2.05, 4.69) is 23.8 Å². The fourth-order valence-corrected chi connectivity index (χ4v) is 3.16. The lowest BCUT2D eigenvalue weighted by Crippen LogP contribution is -2.39. The predicted octanol–water partition coefficient (Wildman–Crippen LogP) is 2.67. The molecule has 1 heterocycles. The molecule has 118 valence electrons. The average molecular weight is 294 g/mol. The monoisotopic (exact) mass is 294 g/mol. The molecule has 0 bridgehead atoms. The zero-order chi connectivity index (χ0) is 15.2. The minimum atomic E-state index is -0.515. The number of benzene rings is 1. The van der Waals surface area contributed by atoms with Crippen LogP contribution in [0.4, 0.5) is 4.39 Å². The Kier molecular flexibility index (Phi) is 6.15. The van der Waals surface area contributed by atoms with E-state index in [-0.39, 0.29) is 5.82 Å². The van der Waals surface area contributed by atoms with Crippen molar-refractivity contribution in [3.8, 4) is 0 Å². The van der Waals surface area contributed by atoms with Crippen molar-refractivity contribution in [3.05, 3.63) is 35.6 Å². The molecule has 0 aromatic heterocycles. The minimum absolute atomic E-state index is 0.260. The van der Waals surface area contributed by atoms with Crippen molar-refractivity contribution < 1.29 is 9.50 Å². The molecule has 2 atom stereocenters. The first-order valence-corrected chi connectivity index (χ1v) is 7.96. The van der Waals surface area contributed by atoms with Gasteiger partial charge in [-0.3, -0.25) is 4.90 Å². The molecule has 1 N–H and O–H groups in total. The zero-order valence-corrected chi connectivity index (χ0v) is 13.1. The number of hydrogen-bond acceptors (Lipinski definition) is 3. The third kappa shape index (κ3) is 4.77. The van der Waals surface area contributed by atoms with Crippen LogP contribution in [-0.4, -0.2) is 54.2 Å². The number of likely N-dealkylation sites (tertiary alicyclic amines) is 1. The fourth-order valence-electron chi connectivity index (χ4n) is 3.16. The second kappa shape index (κ2) is 7.87. The van der Waals surface area contributed by atoms with E-state index in [1.807, 2.05) is 0 Å². The van der Waals surface area contributed by atoms with Gasteiger partial charge in [0.2, 0.25) is 0 Å². The van der Waals surface area contributed by atoms with E-state index in [4.69, 9.17) is 0 Å². The number of hydrogen-bond donors (Lipinski definition) is 1. The van der Waals surface area contributed by atoms with Crippen LogP contribution in [0.2, 0.25) is 0 Å². The summed E-state index contributed by atoms with van der Waals surface area (Å²) in [6.07, 6.45) is 2.74. The summed E-state index contributed by atoms with van der Waals surface area (Å²) in [5, 5.41) is 10.2. The maximum atomic E-state index is 12.9. The Morgan fingerprint density at radius 1 is 1.38 bits per heavy atom. The molecule has 1 fully saturated rings. The van der Waals surface area contributed by atoms with E-state index in [0.717, 1.165) is 25.2 Å². The Labute approximate surface area is 127 Å². The molecule has 0 aliphatic carbocycles. The second-order valence-corrected chi connectivity index (χ2v) is 6.04. The van der Waals surface area contributed by atoms with Crippen LogP contribution in [-0.2, 0) is 0 Å². The van der Waals surface area contributed by atoms with Crippen LogP contribution in [0.3, 0.4) is 0 Å². The van der Waals surface area contributed by atoms with E-state index in [1.54, 1.807) is 12.1 Å². The SMILES string of the molecule is CCN1CCCC1CN(C)CCC(O)c1ccc(F)cc1. The van der Waals surface area contributed by atoms with Crippen LogP contribution in [0.15, 0.2) is 24.3 Å². The molecule has 1 aromatic rings. The van der Waals surface area contributed by atoms with Crippen molar-refractivity contribution in [2.45, 2.75) is 38.3 Å². The van der Waals surface area contributed by atoms with Crippen molar-refractivity contribution in [3.63, 3.8) is 0 Å². The molecule has 1 aliphatic rings. The van der Waals surface area contributed by atoms with E-state index < -0.39 is 6.10 Å². The molecule has 1 saturated heterocycles. The molecule has 2 rings (SSSR count). The van der Waals surface area contributed by atoms with Gasteiger partial charge in [0, 0.05) is 19.1 Å². The van der Waals surface area contributed by atoms with Gasteiger partial charge in [0.1, 0.15) is 5.82 Å². The van der Waals surface area contributed by atoms with Crippen molar-refractivity contribution >= 4 is 0 Å². The first-order valence-electron chi connectivity index (χ1n) is 7.96. The highest BCUT2D eigenvalue weighted by molar-refractivity contribution is 5.18. The van der Waals surface area contributed by atoms with E-state index in [0.29, 0.717) is 12.5 Å². The van der Waals surface area contributed by atoms with Crippen LogP contribution < -0.4 is 0 Å². The molecule has 0 amide bonds. The van der Waals surface area contributed by atoms with Gasteiger partial charge in [-0.1, -0.05) is 19.1 Å². The molecule has 0 spiro atoms. The highest BCUT2D eigenvalue weighted by Crippen LogP contribution is 2.19. The zero-order valence-electron chi connectivity index (χ0n) is 13.1. The third-order valence-electron chi connectivity index (χ3n) is 4.47. The highest BCUT2D eigenvalue weighted by atomic mass is 19.1. The van der Waals surface area contributed by atoms with Gasteiger partial charge in [0.05, 0.1) is 6.10 Å². The van der Waals surface area contributed by atoms with Crippen LogP contribution in [0.25, 0.3) is 0 Å². The standard InChI is InChI=1S/C17H27FN2O/c1-3-20-11-4-5-16(20)13-19(2)12-10-17(21)14-6-8-15(18)9-7-14/h6-9,16-17,21H,3-5,10-13H2,1-2H3. The summed E-state index contributed by atoms with van der Waals surface area (Å²) >= 11 is 0. The Balaban J connectivity index is 1.75. The molecule has 1 aromatic carbocycles. The van der Waals surface area contributed by atoms with E-state index in [9.17, 15) is 9.50 Å². The summed E-state index contributed by atoms with van der Waals surface area (Å²) in [7, 11) is 2.11. The summed E-state index contributed by atoms with van der Waals surface area (Å²) in [6.45, 7) is 6.47. The maximum absolute atomic E-state index is 12.9. The van der Waals surface area contributed by atoms with Crippen LogP contribution in [0.5, 0.6) is 0 Å². The largest absolute Gasteiger partial charge is 0.388 e. The Morgan fingerprint density at radius 3 is 2.76 bits per heavy atom. The number of rotatable bonds is 7. The molecule has 3 nitrogen and oxygen atoms in total. The first-order chi connectivity index (χ1) is 10.1. The smallest absolute Gasteiger partial charge is 0.123 e. The van der Waals surface area contributed by atoms with Gasteiger partial charge in [-0.2, -0.15) is 0 Å². The summed E-state index contributed by atoms with van der Waals surface area (Å²) in [4.78, 5) is 4.83. The summed E-state index contributed by atoms with van der Waals surface area (Å²) in [6, 6.07) is 6.79. The quantitative estimate of drug-likeness (QED) is 0.837. The molecular formula is C17H27FN2O. The van der Waals surface area contributed by atoms with E-state index >= 15 is 0 Å². The maximum Gasteiger partial charge on any atom is 0.123 e. The van der Waals surface area contributed by atoms with Gasteiger partial charge in [0.25, 0.3) is 0 Å². The Hall–Kier alpha value is -0.970. The van der Waals surface area contributed by atoms with Gasteiger partial charge in [-0.25, -0.2) is 4.39 Å². The lowest BCUT2D eigenvalue weighted by molar-refractivity contribution is 0.137. The first kappa shape index (κ1) is 16.4. The normalized spacial score (nSPS) is 21.1. The molecule has 2 unspecified atom stereocenters. The highest BCUT2D eigenvalue weighted by Gasteiger charge is 2.24. The molecule has 1 aliphatic heterocycles. The Morgan fingerprint density at radius 2 is 2.10 bits per heavy atom. The summed E-state index contributed by atoms with van der Waals surface area (Å²) in [5.41, 5.74) is 0.792. The minimum Gasteiger partial charge on any atom is -0.388 e. The average Bonchev–Trinajstić information content (AvgIpc) is 2.92. The van der Waals surface area contributed by atoms with Crippen LogP contribution >= 0.6 is 0 Å². The third-order valence-corrected chi connectivity index (χ3v) is 4.47. The van der Waals surface area contributed by atoms with Crippen molar-refractivity contribution in [2.75, 3.05) is 33.2 Å². The summed E-state index contributed by atoms with van der Waals surface area (Å²) in [5.74, 6) is -0.260. The molecule has 21 heavy (non-hydrogen) atoms. The molecule has 0 saturated carbocycles. The van der Waals surface area contributed by atoms with Crippen LogP contribution in [0, 0.1) is 5.82 Å². The van der Waals surface area contributed by atoms with Crippen molar-refractivity contribution in [1.29, 1.82) is 0 Å². The lowest BCUT2D eigenvalue weighted by atomic mass is 10.1. The molecular weight excluding hydrogens is 267 g/mol. The van der Waals surface area contributed by atoms with Crippen molar-refractivity contribution in [2.24, 2.45) is 0 Å².